The summed E-state index contributed by atoms with van der Waals surface area (Å²) >= 11 is 0. The molecule has 1 atom stereocenters. The van der Waals surface area contributed by atoms with Crippen LogP contribution in [0.1, 0.15) is 19.4 Å². The molecule has 4 rings (SSSR count). The molecule has 8 heteroatoms. The van der Waals surface area contributed by atoms with Crippen LogP contribution in [-0.2, 0) is 9.53 Å². The summed E-state index contributed by atoms with van der Waals surface area (Å²) in [6.07, 6.45) is -0.849. The Morgan fingerprint density at radius 3 is 2.52 bits per heavy atom. The van der Waals surface area contributed by atoms with Crippen LogP contribution >= 0.6 is 0 Å². The first-order valence-electron chi connectivity index (χ1n) is 10.4. The van der Waals surface area contributed by atoms with Crippen LogP contribution in [0, 0.1) is 6.92 Å². The van der Waals surface area contributed by atoms with Gasteiger partial charge in [-0.1, -0.05) is 12.1 Å². The van der Waals surface area contributed by atoms with Crippen LogP contribution in [0.25, 0.3) is 33.1 Å². The lowest BCUT2D eigenvalue weighted by molar-refractivity contribution is -0.150. The molecule has 0 aliphatic rings. The van der Waals surface area contributed by atoms with E-state index < -0.39 is 23.3 Å². The Labute approximate surface area is 188 Å². The molecule has 0 amide bonds. The van der Waals surface area contributed by atoms with Gasteiger partial charge in [0, 0.05) is 28.0 Å². The lowest BCUT2D eigenvalue weighted by atomic mass is 10.0. The zero-order chi connectivity index (χ0) is 23.7. The highest BCUT2D eigenvalue weighted by Gasteiger charge is 2.20. The first-order valence-corrected chi connectivity index (χ1v) is 10.4. The highest BCUT2D eigenvalue weighted by molar-refractivity contribution is 5.97. The number of ether oxygens (including phenoxy) is 3. The Kier molecular flexibility index (Phi) is 5.91. The van der Waals surface area contributed by atoms with Crippen LogP contribution in [0.5, 0.6) is 11.5 Å². The van der Waals surface area contributed by atoms with E-state index in [1.807, 2.05) is 0 Å². The summed E-state index contributed by atoms with van der Waals surface area (Å²) in [5.74, 6) is 0.289. The molecular weight excluding hydrogens is 428 g/mol. The predicted molar refractivity (Wildman–Crippen MR) is 122 cm³/mol. The van der Waals surface area contributed by atoms with Gasteiger partial charge in [0.05, 0.1) is 19.3 Å². The van der Waals surface area contributed by atoms with E-state index in [0.29, 0.717) is 39.0 Å². The molecule has 0 N–H and O–H groups in total. The van der Waals surface area contributed by atoms with E-state index in [1.165, 1.54) is 13.2 Å². The molecule has 1 unspecified atom stereocenters. The summed E-state index contributed by atoms with van der Waals surface area (Å²) in [6, 6.07) is 11.5. The van der Waals surface area contributed by atoms with Gasteiger partial charge in [0.15, 0.2) is 17.4 Å². The summed E-state index contributed by atoms with van der Waals surface area (Å²) in [4.78, 5) is 37.2. The zero-order valence-electron chi connectivity index (χ0n) is 18.6. The van der Waals surface area contributed by atoms with Crippen molar-refractivity contribution in [2.75, 3.05) is 13.7 Å². The van der Waals surface area contributed by atoms with Gasteiger partial charge in [-0.3, -0.25) is 0 Å². The van der Waals surface area contributed by atoms with Gasteiger partial charge in [-0.25, -0.2) is 14.4 Å². The highest BCUT2D eigenvalue weighted by atomic mass is 16.6. The molecular formula is C25H22O8. The van der Waals surface area contributed by atoms with Gasteiger partial charge >= 0.3 is 17.2 Å². The van der Waals surface area contributed by atoms with Crippen LogP contribution in [0.2, 0.25) is 0 Å². The first-order chi connectivity index (χ1) is 15.8. The number of rotatable bonds is 6. The molecule has 2 heterocycles. The average molecular weight is 450 g/mol. The van der Waals surface area contributed by atoms with Gasteiger partial charge in [0.25, 0.3) is 0 Å². The Bertz CT molecular complexity index is 1480. The first kappa shape index (κ1) is 22.1. The molecule has 0 spiro atoms. The number of aryl methyl sites for hydroxylation is 1. The molecule has 0 fully saturated rings. The van der Waals surface area contributed by atoms with Crippen LogP contribution < -0.4 is 20.7 Å². The SMILES string of the molecule is CCOC(=O)C(C)Oc1ccc2c(-c3cc4cccc(OC)c4oc3=O)cc(=O)oc2c1C. The number of benzene rings is 2. The predicted octanol–water partition coefficient (Wildman–Crippen LogP) is 4.21. The third kappa shape index (κ3) is 4.07. The van der Waals surface area contributed by atoms with E-state index in [1.54, 1.807) is 57.2 Å². The molecule has 8 nitrogen and oxygen atoms in total. The molecule has 0 aliphatic heterocycles. The minimum atomic E-state index is -0.849. The van der Waals surface area contributed by atoms with Crippen molar-refractivity contribution >= 4 is 27.9 Å². The van der Waals surface area contributed by atoms with Crippen LogP contribution in [0.15, 0.2) is 60.9 Å². The Morgan fingerprint density at radius 2 is 1.79 bits per heavy atom. The van der Waals surface area contributed by atoms with E-state index in [9.17, 15) is 14.4 Å². The molecule has 0 saturated carbocycles. The average Bonchev–Trinajstić information content (AvgIpc) is 2.80. The van der Waals surface area contributed by atoms with Crippen LogP contribution in [-0.4, -0.2) is 25.8 Å². The van der Waals surface area contributed by atoms with Crippen molar-refractivity contribution in [2.24, 2.45) is 0 Å². The van der Waals surface area contributed by atoms with Crippen molar-refractivity contribution in [1.29, 1.82) is 0 Å². The minimum Gasteiger partial charge on any atom is -0.493 e. The lowest BCUT2D eigenvalue weighted by Gasteiger charge is -2.16. The van der Waals surface area contributed by atoms with E-state index in [4.69, 9.17) is 23.0 Å². The standard InChI is InChI=1S/C25H22O8/c1-5-30-24(27)14(3)31-19-10-9-16-17(12-21(26)32-22(16)13(19)2)18-11-15-7-6-8-20(29-4)23(15)33-25(18)28/h6-12,14H,5H2,1-4H3. The lowest BCUT2D eigenvalue weighted by Crippen LogP contribution is -2.26. The number of fused-ring (bicyclic) bond motifs is 2. The van der Waals surface area contributed by atoms with Crippen molar-refractivity contribution in [3.8, 4) is 22.6 Å². The van der Waals surface area contributed by atoms with Crippen LogP contribution in [0.4, 0.5) is 0 Å². The van der Waals surface area contributed by atoms with Gasteiger partial charge < -0.3 is 23.0 Å². The van der Waals surface area contributed by atoms with Crippen molar-refractivity contribution < 1.29 is 27.8 Å². The number of hydrogen-bond acceptors (Lipinski definition) is 8. The molecule has 0 saturated heterocycles. The second-order valence-corrected chi connectivity index (χ2v) is 7.38. The molecule has 170 valence electrons. The third-order valence-electron chi connectivity index (χ3n) is 5.27. The van der Waals surface area contributed by atoms with Gasteiger partial charge in [0.2, 0.25) is 0 Å². The van der Waals surface area contributed by atoms with Crippen LogP contribution in [0.3, 0.4) is 0 Å². The van der Waals surface area contributed by atoms with Crippen molar-refractivity contribution in [2.45, 2.75) is 26.9 Å². The molecule has 0 aliphatic carbocycles. The number of esters is 1. The molecule has 33 heavy (non-hydrogen) atoms. The van der Waals surface area contributed by atoms with E-state index in [-0.39, 0.29) is 17.8 Å². The highest BCUT2D eigenvalue weighted by Crippen LogP contribution is 2.34. The summed E-state index contributed by atoms with van der Waals surface area (Å²) in [5.41, 5.74) is 0.398. The quantitative estimate of drug-likeness (QED) is 0.318. The number of carbonyl (C=O) groups is 1. The fraction of sp³-hybridized carbons (Fsp3) is 0.240. The second-order valence-electron chi connectivity index (χ2n) is 7.38. The fourth-order valence-electron chi connectivity index (χ4n) is 3.66. The zero-order valence-corrected chi connectivity index (χ0v) is 18.6. The number of hydrogen-bond donors (Lipinski definition) is 0. The van der Waals surface area contributed by atoms with Gasteiger partial charge in [-0.2, -0.15) is 0 Å². The van der Waals surface area contributed by atoms with E-state index in [2.05, 4.69) is 0 Å². The summed E-state index contributed by atoms with van der Waals surface area (Å²) in [7, 11) is 1.49. The number of carbonyl (C=O) groups excluding carboxylic acids is 1. The Morgan fingerprint density at radius 1 is 1.00 bits per heavy atom. The Hall–Kier alpha value is -4.07. The van der Waals surface area contributed by atoms with E-state index in [0.717, 1.165) is 0 Å². The monoisotopic (exact) mass is 450 g/mol. The number of methoxy groups -OCH3 is 1. The minimum absolute atomic E-state index is 0.210. The number of para-hydroxylation sites is 1. The van der Waals surface area contributed by atoms with Crippen molar-refractivity contribution in [3.63, 3.8) is 0 Å². The molecule has 0 bridgehead atoms. The van der Waals surface area contributed by atoms with Crippen molar-refractivity contribution in [1.82, 2.24) is 0 Å². The van der Waals surface area contributed by atoms with Gasteiger partial charge in [-0.05, 0) is 45.0 Å². The van der Waals surface area contributed by atoms with Gasteiger partial charge in [-0.15, -0.1) is 0 Å². The van der Waals surface area contributed by atoms with Gasteiger partial charge in [0.1, 0.15) is 11.3 Å². The normalized spacial score (nSPS) is 12.0. The molecule has 2 aromatic heterocycles. The third-order valence-corrected chi connectivity index (χ3v) is 5.27. The Balaban J connectivity index is 1.87. The molecule has 4 aromatic rings. The summed E-state index contributed by atoms with van der Waals surface area (Å²) in [6.45, 7) is 5.22. The smallest absolute Gasteiger partial charge is 0.347 e. The summed E-state index contributed by atoms with van der Waals surface area (Å²) in [5, 5.41) is 1.17. The largest absolute Gasteiger partial charge is 0.493 e. The summed E-state index contributed by atoms with van der Waals surface area (Å²) < 4.78 is 26.9. The van der Waals surface area contributed by atoms with E-state index >= 15 is 0 Å². The maximum atomic E-state index is 12.9. The maximum absolute atomic E-state index is 12.9. The topological polar surface area (TPSA) is 105 Å². The second kappa shape index (κ2) is 8.82. The molecule has 2 aromatic carbocycles. The fourth-order valence-corrected chi connectivity index (χ4v) is 3.66. The maximum Gasteiger partial charge on any atom is 0.347 e. The molecule has 0 radical (unpaired) electrons. The van der Waals surface area contributed by atoms with Crippen molar-refractivity contribution in [3.05, 3.63) is 68.9 Å².